The number of nitrogens with one attached hydrogen (secondary N) is 1. The van der Waals surface area contributed by atoms with Gasteiger partial charge in [-0.1, -0.05) is 29.3 Å². The van der Waals surface area contributed by atoms with Gasteiger partial charge in [-0.3, -0.25) is 4.79 Å². The Bertz CT molecular complexity index is 448. The lowest BCUT2D eigenvalue weighted by molar-refractivity contribution is 0.0954. The van der Waals surface area contributed by atoms with Crippen LogP contribution in [0.15, 0.2) is 35.9 Å². The fraction of sp³-hybridized carbons (Fsp3) is 0.438. The van der Waals surface area contributed by atoms with Gasteiger partial charge in [0.1, 0.15) is 0 Å². The number of allylic oxidation sites excluding steroid dienone is 1. The largest absolute Gasteiger partial charge is 0.352 e. The number of aryl methyl sites for hydroxylation is 1. The van der Waals surface area contributed by atoms with E-state index in [9.17, 15) is 4.79 Å². The van der Waals surface area contributed by atoms with Crippen LogP contribution in [-0.2, 0) is 0 Å². The van der Waals surface area contributed by atoms with Gasteiger partial charge in [0, 0.05) is 12.1 Å². The Morgan fingerprint density at radius 1 is 1.33 bits per heavy atom. The molecule has 1 N–H and O–H groups in total. The van der Waals surface area contributed by atoms with Crippen molar-refractivity contribution in [3.05, 3.63) is 47.0 Å². The number of hydrogen-bond donors (Lipinski definition) is 1. The molecule has 2 heteroatoms. The second-order valence-corrected chi connectivity index (χ2v) is 4.98. The standard InChI is InChI=1S/C16H21NO/c1-13-6-5-9-15(12-13)16(18)17-11-10-14-7-3-2-4-8-14/h5-7,9,12H,2-4,8,10-11H2,1H3,(H,17,18). The van der Waals surface area contributed by atoms with Gasteiger partial charge in [-0.15, -0.1) is 0 Å². The molecular weight excluding hydrogens is 222 g/mol. The van der Waals surface area contributed by atoms with E-state index in [0.29, 0.717) is 0 Å². The summed E-state index contributed by atoms with van der Waals surface area (Å²) in [7, 11) is 0. The zero-order valence-corrected chi connectivity index (χ0v) is 11.0. The van der Waals surface area contributed by atoms with E-state index in [2.05, 4.69) is 11.4 Å². The van der Waals surface area contributed by atoms with Crippen LogP contribution >= 0.6 is 0 Å². The van der Waals surface area contributed by atoms with Crippen LogP contribution in [0.2, 0.25) is 0 Å². The van der Waals surface area contributed by atoms with Gasteiger partial charge in [0.15, 0.2) is 0 Å². The van der Waals surface area contributed by atoms with Crippen LogP contribution in [0, 0.1) is 6.92 Å². The molecule has 0 aliphatic heterocycles. The molecule has 18 heavy (non-hydrogen) atoms. The number of carbonyl (C=O) groups is 1. The summed E-state index contributed by atoms with van der Waals surface area (Å²) in [6.45, 7) is 2.75. The molecule has 0 bridgehead atoms. The van der Waals surface area contributed by atoms with Crippen molar-refractivity contribution in [1.82, 2.24) is 5.32 Å². The average molecular weight is 243 g/mol. The van der Waals surface area contributed by atoms with Crippen LogP contribution in [0.25, 0.3) is 0 Å². The summed E-state index contributed by atoms with van der Waals surface area (Å²) in [4.78, 5) is 11.9. The minimum Gasteiger partial charge on any atom is -0.352 e. The fourth-order valence-corrected chi connectivity index (χ4v) is 2.36. The Labute approximate surface area is 109 Å². The van der Waals surface area contributed by atoms with Gasteiger partial charge >= 0.3 is 0 Å². The summed E-state index contributed by atoms with van der Waals surface area (Å²) in [6.07, 6.45) is 8.37. The Morgan fingerprint density at radius 2 is 2.22 bits per heavy atom. The van der Waals surface area contributed by atoms with Crippen molar-refractivity contribution in [2.45, 2.75) is 39.0 Å². The third-order valence-electron chi connectivity index (χ3n) is 3.40. The Balaban J connectivity index is 1.79. The number of hydrogen-bond acceptors (Lipinski definition) is 1. The number of carbonyl (C=O) groups excluding carboxylic acids is 1. The van der Waals surface area contributed by atoms with E-state index < -0.39 is 0 Å². The summed E-state index contributed by atoms with van der Waals surface area (Å²) >= 11 is 0. The minimum atomic E-state index is 0.0371. The van der Waals surface area contributed by atoms with E-state index in [-0.39, 0.29) is 5.91 Å². The topological polar surface area (TPSA) is 29.1 Å². The van der Waals surface area contributed by atoms with E-state index in [1.54, 1.807) is 0 Å². The van der Waals surface area contributed by atoms with Crippen molar-refractivity contribution in [2.24, 2.45) is 0 Å². The second-order valence-electron chi connectivity index (χ2n) is 4.98. The molecule has 0 unspecified atom stereocenters. The summed E-state index contributed by atoms with van der Waals surface area (Å²) in [6, 6.07) is 7.72. The first-order valence-electron chi connectivity index (χ1n) is 6.78. The highest BCUT2D eigenvalue weighted by Crippen LogP contribution is 2.19. The maximum absolute atomic E-state index is 11.9. The fourth-order valence-electron chi connectivity index (χ4n) is 2.36. The van der Waals surface area contributed by atoms with Crippen LogP contribution in [0.1, 0.15) is 48.0 Å². The molecule has 1 amide bonds. The normalized spacial score (nSPS) is 15.1. The van der Waals surface area contributed by atoms with Crippen LogP contribution in [-0.4, -0.2) is 12.5 Å². The summed E-state index contributed by atoms with van der Waals surface area (Å²) in [5, 5.41) is 2.99. The third kappa shape index (κ3) is 3.73. The Kier molecular flexibility index (Phi) is 4.57. The molecule has 96 valence electrons. The van der Waals surface area contributed by atoms with Gasteiger partial charge in [-0.2, -0.15) is 0 Å². The van der Waals surface area contributed by atoms with Gasteiger partial charge < -0.3 is 5.32 Å². The Morgan fingerprint density at radius 3 is 2.94 bits per heavy atom. The zero-order chi connectivity index (χ0) is 12.8. The van der Waals surface area contributed by atoms with Gasteiger partial charge in [-0.05, 0) is 51.2 Å². The van der Waals surface area contributed by atoms with Gasteiger partial charge in [0.2, 0.25) is 0 Å². The molecule has 0 fully saturated rings. The summed E-state index contributed by atoms with van der Waals surface area (Å²) in [5.74, 6) is 0.0371. The molecule has 1 aromatic rings. The molecule has 0 aromatic heterocycles. The highest BCUT2D eigenvalue weighted by atomic mass is 16.1. The highest BCUT2D eigenvalue weighted by molar-refractivity contribution is 5.94. The number of amides is 1. The monoisotopic (exact) mass is 243 g/mol. The lowest BCUT2D eigenvalue weighted by Gasteiger charge is -2.13. The molecular formula is C16H21NO. The molecule has 0 atom stereocenters. The number of rotatable bonds is 4. The maximum Gasteiger partial charge on any atom is 0.251 e. The molecule has 1 aromatic carbocycles. The first-order chi connectivity index (χ1) is 8.75. The molecule has 0 saturated carbocycles. The predicted octanol–water partition coefficient (Wildman–Crippen LogP) is 3.62. The van der Waals surface area contributed by atoms with Gasteiger partial charge in [-0.25, -0.2) is 0 Å². The third-order valence-corrected chi connectivity index (χ3v) is 3.40. The maximum atomic E-state index is 11.9. The SMILES string of the molecule is Cc1cccc(C(=O)NCCC2=CCCCC2)c1. The second kappa shape index (κ2) is 6.39. The van der Waals surface area contributed by atoms with Crippen LogP contribution in [0.4, 0.5) is 0 Å². The van der Waals surface area contributed by atoms with E-state index in [1.807, 2.05) is 31.2 Å². The zero-order valence-electron chi connectivity index (χ0n) is 11.0. The predicted molar refractivity (Wildman–Crippen MR) is 74.7 cm³/mol. The molecule has 1 aliphatic carbocycles. The first kappa shape index (κ1) is 12.9. The van der Waals surface area contributed by atoms with Crippen molar-refractivity contribution in [3.63, 3.8) is 0 Å². The lowest BCUT2D eigenvalue weighted by atomic mass is 9.97. The summed E-state index contributed by atoms with van der Waals surface area (Å²) < 4.78 is 0. The summed E-state index contributed by atoms with van der Waals surface area (Å²) in [5.41, 5.74) is 3.39. The van der Waals surface area contributed by atoms with Crippen LogP contribution < -0.4 is 5.32 Å². The molecule has 0 heterocycles. The first-order valence-corrected chi connectivity index (χ1v) is 6.78. The van der Waals surface area contributed by atoms with E-state index in [4.69, 9.17) is 0 Å². The van der Waals surface area contributed by atoms with Crippen LogP contribution in [0.5, 0.6) is 0 Å². The Hall–Kier alpha value is -1.57. The molecule has 2 nitrogen and oxygen atoms in total. The minimum absolute atomic E-state index is 0.0371. The van der Waals surface area contributed by atoms with Gasteiger partial charge in [0.25, 0.3) is 5.91 Å². The highest BCUT2D eigenvalue weighted by Gasteiger charge is 2.06. The van der Waals surface area contributed by atoms with E-state index >= 15 is 0 Å². The van der Waals surface area contributed by atoms with Crippen LogP contribution in [0.3, 0.4) is 0 Å². The number of benzene rings is 1. The smallest absolute Gasteiger partial charge is 0.251 e. The quantitative estimate of drug-likeness (QED) is 0.804. The van der Waals surface area contributed by atoms with Gasteiger partial charge in [0.05, 0.1) is 0 Å². The molecule has 0 saturated heterocycles. The molecule has 2 rings (SSSR count). The lowest BCUT2D eigenvalue weighted by Crippen LogP contribution is -2.24. The van der Waals surface area contributed by atoms with Crippen molar-refractivity contribution in [2.75, 3.05) is 6.54 Å². The average Bonchev–Trinajstić information content (AvgIpc) is 2.40. The van der Waals surface area contributed by atoms with Crippen molar-refractivity contribution >= 4 is 5.91 Å². The molecule has 0 spiro atoms. The molecule has 0 radical (unpaired) electrons. The van der Waals surface area contributed by atoms with Crippen molar-refractivity contribution < 1.29 is 4.79 Å². The molecule has 1 aliphatic rings. The van der Waals surface area contributed by atoms with E-state index in [1.165, 1.54) is 31.3 Å². The van der Waals surface area contributed by atoms with Crippen molar-refractivity contribution in [3.8, 4) is 0 Å². The van der Waals surface area contributed by atoms with E-state index in [0.717, 1.165) is 24.1 Å². The van der Waals surface area contributed by atoms with Crippen molar-refractivity contribution in [1.29, 1.82) is 0 Å².